The molecule has 0 heterocycles. The van der Waals surface area contributed by atoms with Crippen LogP contribution in [0.15, 0.2) is 12.1 Å². The lowest BCUT2D eigenvalue weighted by Gasteiger charge is -2.17. The van der Waals surface area contributed by atoms with Crippen molar-refractivity contribution in [2.45, 2.75) is 32.7 Å². The van der Waals surface area contributed by atoms with Crippen molar-refractivity contribution in [3.8, 4) is 5.75 Å². The molecule has 0 radical (unpaired) electrons. The zero-order valence-corrected chi connectivity index (χ0v) is 11.3. The Morgan fingerprint density at radius 3 is 2.59 bits per heavy atom. The molecule has 0 aromatic heterocycles. The molecule has 3 N–H and O–H groups in total. The third-order valence-electron chi connectivity index (χ3n) is 3.12. The zero-order chi connectivity index (χ0) is 12.8. The molecule has 0 aliphatic rings. The minimum Gasteiger partial charge on any atom is -0.496 e. The van der Waals surface area contributed by atoms with E-state index < -0.39 is 0 Å². The fourth-order valence-corrected chi connectivity index (χ4v) is 2.09. The maximum absolute atomic E-state index is 6.23. The van der Waals surface area contributed by atoms with E-state index in [1.807, 2.05) is 7.05 Å². The Labute approximate surface area is 104 Å². The number of benzene rings is 1. The highest BCUT2D eigenvalue weighted by molar-refractivity contribution is 5.42. The van der Waals surface area contributed by atoms with Gasteiger partial charge < -0.3 is 15.8 Å². The highest BCUT2D eigenvalue weighted by atomic mass is 16.5. The lowest BCUT2D eigenvalue weighted by Crippen LogP contribution is -2.15. The number of rotatable bonds is 6. The standard InChI is InChI=1S/C14H24N2O/c1-10-9-14(17-4)11(2)8-12(10)13(15)6-5-7-16-3/h8-9,13,16H,5-7,15H2,1-4H3. The first-order valence-electron chi connectivity index (χ1n) is 6.15. The van der Waals surface area contributed by atoms with Crippen LogP contribution < -0.4 is 15.8 Å². The van der Waals surface area contributed by atoms with Gasteiger partial charge in [-0.1, -0.05) is 6.07 Å². The maximum Gasteiger partial charge on any atom is 0.122 e. The van der Waals surface area contributed by atoms with Crippen LogP contribution in [0.4, 0.5) is 0 Å². The van der Waals surface area contributed by atoms with Crippen molar-refractivity contribution in [1.82, 2.24) is 5.32 Å². The van der Waals surface area contributed by atoms with Crippen molar-refractivity contribution >= 4 is 0 Å². The third-order valence-corrected chi connectivity index (χ3v) is 3.12. The molecule has 1 unspecified atom stereocenters. The van der Waals surface area contributed by atoms with E-state index in [1.54, 1.807) is 7.11 Å². The van der Waals surface area contributed by atoms with Crippen molar-refractivity contribution < 1.29 is 4.74 Å². The molecule has 1 atom stereocenters. The molecule has 0 amide bonds. The Hall–Kier alpha value is -1.06. The average molecular weight is 236 g/mol. The first-order valence-corrected chi connectivity index (χ1v) is 6.15. The Morgan fingerprint density at radius 2 is 2.00 bits per heavy atom. The fraction of sp³-hybridized carbons (Fsp3) is 0.571. The molecule has 1 rings (SSSR count). The van der Waals surface area contributed by atoms with Crippen molar-refractivity contribution in [3.05, 3.63) is 28.8 Å². The molecular weight excluding hydrogens is 212 g/mol. The van der Waals surface area contributed by atoms with Gasteiger partial charge in [-0.05, 0) is 63.0 Å². The lowest BCUT2D eigenvalue weighted by molar-refractivity contribution is 0.411. The quantitative estimate of drug-likeness (QED) is 0.745. The van der Waals surface area contributed by atoms with Crippen molar-refractivity contribution in [3.63, 3.8) is 0 Å². The van der Waals surface area contributed by atoms with Gasteiger partial charge in [0.15, 0.2) is 0 Å². The number of ether oxygens (including phenoxy) is 1. The summed E-state index contributed by atoms with van der Waals surface area (Å²) in [6.45, 7) is 5.17. The van der Waals surface area contributed by atoms with Gasteiger partial charge in [0, 0.05) is 6.04 Å². The van der Waals surface area contributed by atoms with Gasteiger partial charge in [0.1, 0.15) is 5.75 Å². The maximum atomic E-state index is 6.23. The Balaban J connectivity index is 2.79. The summed E-state index contributed by atoms with van der Waals surface area (Å²) in [5.74, 6) is 0.939. The summed E-state index contributed by atoms with van der Waals surface area (Å²) in [5, 5.41) is 3.14. The number of nitrogens with two attached hydrogens (primary N) is 1. The molecule has 1 aromatic rings. The monoisotopic (exact) mass is 236 g/mol. The van der Waals surface area contributed by atoms with Gasteiger partial charge >= 0.3 is 0 Å². The van der Waals surface area contributed by atoms with Gasteiger partial charge in [-0.3, -0.25) is 0 Å². The van der Waals surface area contributed by atoms with Gasteiger partial charge in [0.25, 0.3) is 0 Å². The number of nitrogens with one attached hydrogen (secondary N) is 1. The van der Waals surface area contributed by atoms with E-state index in [0.29, 0.717) is 0 Å². The molecule has 17 heavy (non-hydrogen) atoms. The molecule has 0 aliphatic carbocycles. The van der Waals surface area contributed by atoms with E-state index in [4.69, 9.17) is 10.5 Å². The van der Waals surface area contributed by atoms with E-state index in [2.05, 4.69) is 31.3 Å². The summed E-state index contributed by atoms with van der Waals surface area (Å²) < 4.78 is 5.31. The predicted molar refractivity (Wildman–Crippen MR) is 72.6 cm³/mol. The van der Waals surface area contributed by atoms with Crippen LogP contribution >= 0.6 is 0 Å². The molecule has 96 valence electrons. The van der Waals surface area contributed by atoms with Crippen molar-refractivity contribution in [2.24, 2.45) is 5.73 Å². The van der Waals surface area contributed by atoms with E-state index in [1.165, 1.54) is 11.1 Å². The molecule has 0 bridgehead atoms. The van der Waals surface area contributed by atoms with E-state index in [-0.39, 0.29) is 6.04 Å². The predicted octanol–water partition coefficient (Wildman–Crippen LogP) is 2.31. The van der Waals surface area contributed by atoms with Gasteiger partial charge in [-0.25, -0.2) is 0 Å². The van der Waals surface area contributed by atoms with Crippen LogP contribution in [0.3, 0.4) is 0 Å². The summed E-state index contributed by atoms with van der Waals surface area (Å²) in [4.78, 5) is 0. The molecule has 0 saturated heterocycles. The molecule has 3 heteroatoms. The second kappa shape index (κ2) is 6.62. The highest BCUT2D eigenvalue weighted by Crippen LogP contribution is 2.27. The van der Waals surface area contributed by atoms with Crippen molar-refractivity contribution in [1.29, 1.82) is 0 Å². The molecular formula is C14H24N2O. The zero-order valence-electron chi connectivity index (χ0n) is 11.3. The van der Waals surface area contributed by atoms with E-state index in [0.717, 1.165) is 30.7 Å². The number of methoxy groups -OCH3 is 1. The summed E-state index contributed by atoms with van der Waals surface area (Å²) >= 11 is 0. The van der Waals surface area contributed by atoms with Crippen LogP contribution in [-0.2, 0) is 0 Å². The Morgan fingerprint density at radius 1 is 1.29 bits per heavy atom. The van der Waals surface area contributed by atoms with Crippen LogP contribution in [0.1, 0.15) is 35.6 Å². The van der Waals surface area contributed by atoms with Crippen LogP contribution in [-0.4, -0.2) is 20.7 Å². The average Bonchev–Trinajstić information content (AvgIpc) is 2.31. The molecule has 0 fully saturated rings. The summed E-state index contributed by atoms with van der Waals surface area (Å²) in [6, 6.07) is 4.34. The first kappa shape index (κ1) is 14.0. The number of hydrogen-bond donors (Lipinski definition) is 2. The van der Waals surface area contributed by atoms with E-state index >= 15 is 0 Å². The molecule has 3 nitrogen and oxygen atoms in total. The topological polar surface area (TPSA) is 47.3 Å². The smallest absolute Gasteiger partial charge is 0.122 e. The van der Waals surface area contributed by atoms with Crippen LogP contribution in [0.2, 0.25) is 0 Å². The van der Waals surface area contributed by atoms with Crippen LogP contribution in [0.5, 0.6) is 5.75 Å². The minimum atomic E-state index is 0.118. The van der Waals surface area contributed by atoms with E-state index in [9.17, 15) is 0 Å². The van der Waals surface area contributed by atoms with Crippen LogP contribution in [0, 0.1) is 13.8 Å². The number of aryl methyl sites for hydroxylation is 2. The highest BCUT2D eigenvalue weighted by Gasteiger charge is 2.11. The number of hydrogen-bond acceptors (Lipinski definition) is 3. The van der Waals surface area contributed by atoms with Gasteiger partial charge in [-0.15, -0.1) is 0 Å². The van der Waals surface area contributed by atoms with Gasteiger partial charge in [0.05, 0.1) is 7.11 Å². The third kappa shape index (κ3) is 3.72. The molecule has 0 spiro atoms. The summed E-state index contributed by atoms with van der Waals surface area (Å²) in [6.07, 6.45) is 2.11. The summed E-state index contributed by atoms with van der Waals surface area (Å²) in [5.41, 5.74) is 9.83. The fourth-order valence-electron chi connectivity index (χ4n) is 2.09. The molecule has 0 saturated carbocycles. The summed E-state index contributed by atoms with van der Waals surface area (Å²) in [7, 11) is 3.67. The van der Waals surface area contributed by atoms with Crippen LogP contribution in [0.25, 0.3) is 0 Å². The molecule has 1 aromatic carbocycles. The molecule has 0 aliphatic heterocycles. The Kier molecular flexibility index (Phi) is 5.45. The Bertz CT molecular complexity index is 363. The van der Waals surface area contributed by atoms with Gasteiger partial charge in [-0.2, -0.15) is 0 Å². The first-order chi connectivity index (χ1) is 8.10. The normalized spacial score (nSPS) is 12.5. The second-order valence-electron chi connectivity index (χ2n) is 4.53. The minimum absolute atomic E-state index is 0.118. The van der Waals surface area contributed by atoms with Crippen molar-refractivity contribution in [2.75, 3.05) is 20.7 Å². The second-order valence-corrected chi connectivity index (χ2v) is 4.53. The largest absolute Gasteiger partial charge is 0.496 e. The SMILES string of the molecule is CNCCCC(N)c1cc(C)c(OC)cc1C. The van der Waals surface area contributed by atoms with Gasteiger partial charge in [0.2, 0.25) is 0 Å². The lowest BCUT2D eigenvalue weighted by atomic mass is 9.96.